The zero-order chi connectivity index (χ0) is 15.7. The molecule has 0 aliphatic carbocycles. The van der Waals surface area contributed by atoms with Crippen molar-refractivity contribution in [3.8, 4) is 0 Å². The molecule has 0 unspecified atom stereocenters. The van der Waals surface area contributed by atoms with Crippen LogP contribution in [0.5, 0.6) is 0 Å². The van der Waals surface area contributed by atoms with Crippen molar-refractivity contribution >= 4 is 10.0 Å². The van der Waals surface area contributed by atoms with E-state index in [0.29, 0.717) is 25.4 Å². The molecular formula is C15H24N2O3S. The molecule has 0 spiro atoms. The van der Waals surface area contributed by atoms with Crippen molar-refractivity contribution < 1.29 is 12.8 Å². The summed E-state index contributed by atoms with van der Waals surface area (Å²) in [7, 11) is -3.53. The fourth-order valence-corrected chi connectivity index (χ4v) is 3.58. The Hall–Kier alpha value is -1.11. The number of sulfonamides is 1. The van der Waals surface area contributed by atoms with E-state index in [4.69, 9.17) is 4.42 Å². The number of hydrogen-bond acceptors (Lipinski definition) is 4. The molecule has 0 aromatic carbocycles. The summed E-state index contributed by atoms with van der Waals surface area (Å²) in [4.78, 5) is 0. The van der Waals surface area contributed by atoms with E-state index in [0.717, 1.165) is 12.0 Å². The van der Waals surface area contributed by atoms with E-state index < -0.39 is 10.0 Å². The fourth-order valence-electron chi connectivity index (χ4n) is 2.15. The minimum atomic E-state index is -3.53. The van der Waals surface area contributed by atoms with Gasteiger partial charge in [-0.05, 0) is 46.2 Å². The van der Waals surface area contributed by atoms with Gasteiger partial charge in [-0.1, -0.05) is 11.6 Å². The van der Waals surface area contributed by atoms with Crippen LogP contribution in [0.3, 0.4) is 0 Å². The summed E-state index contributed by atoms with van der Waals surface area (Å²) in [5.41, 5.74) is 1.03. The van der Waals surface area contributed by atoms with E-state index in [1.165, 1.54) is 4.31 Å². The Morgan fingerprint density at radius 3 is 2.67 bits per heavy atom. The molecule has 2 rings (SSSR count). The molecule has 1 aliphatic heterocycles. The average Bonchev–Trinajstić information content (AvgIpc) is 2.85. The molecule has 1 N–H and O–H groups in total. The monoisotopic (exact) mass is 312 g/mol. The predicted octanol–water partition coefficient (Wildman–Crippen LogP) is 2.51. The van der Waals surface area contributed by atoms with Crippen molar-refractivity contribution in [3.63, 3.8) is 0 Å². The molecule has 1 aromatic rings. The maximum absolute atomic E-state index is 12.5. The van der Waals surface area contributed by atoms with E-state index in [1.54, 1.807) is 12.1 Å². The average molecular weight is 312 g/mol. The number of nitrogens with zero attached hydrogens (tertiary/aromatic N) is 1. The Bertz CT molecular complexity index is 624. The van der Waals surface area contributed by atoms with Gasteiger partial charge in [0.2, 0.25) is 5.09 Å². The quantitative estimate of drug-likeness (QED) is 0.868. The van der Waals surface area contributed by atoms with Crippen LogP contribution in [0.4, 0.5) is 0 Å². The van der Waals surface area contributed by atoms with Crippen LogP contribution >= 0.6 is 0 Å². The minimum Gasteiger partial charge on any atom is -0.447 e. The normalized spacial score (nSPS) is 17.8. The van der Waals surface area contributed by atoms with Crippen LogP contribution in [0, 0.1) is 0 Å². The van der Waals surface area contributed by atoms with Gasteiger partial charge in [0.1, 0.15) is 5.76 Å². The van der Waals surface area contributed by atoms with Crippen molar-refractivity contribution in [2.45, 2.75) is 51.3 Å². The summed E-state index contributed by atoms with van der Waals surface area (Å²) in [6.07, 6.45) is 2.83. The van der Waals surface area contributed by atoms with Gasteiger partial charge in [0.25, 0.3) is 10.0 Å². The van der Waals surface area contributed by atoms with Crippen molar-refractivity contribution in [2.75, 3.05) is 13.1 Å². The second-order valence-corrected chi connectivity index (χ2v) is 8.37. The molecule has 0 amide bonds. The Balaban J connectivity index is 2.11. The molecule has 0 atom stereocenters. The van der Waals surface area contributed by atoms with E-state index >= 15 is 0 Å². The van der Waals surface area contributed by atoms with Crippen LogP contribution < -0.4 is 5.32 Å². The summed E-state index contributed by atoms with van der Waals surface area (Å²) in [6.45, 7) is 9.57. The molecule has 6 heteroatoms. The first kappa shape index (κ1) is 16.3. The molecule has 1 aromatic heterocycles. The van der Waals surface area contributed by atoms with Gasteiger partial charge in [0.05, 0.1) is 6.54 Å². The second kappa shape index (κ2) is 5.94. The molecule has 0 bridgehead atoms. The van der Waals surface area contributed by atoms with Crippen LogP contribution in [0.15, 0.2) is 33.3 Å². The van der Waals surface area contributed by atoms with E-state index in [9.17, 15) is 8.42 Å². The predicted molar refractivity (Wildman–Crippen MR) is 82.4 cm³/mol. The third-order valence-electron chi connectivity index (χ3n) is 3.32. The number of rotatable bonds is 4. The highest BCUT2D eigenvalue weighted by molar-refractivity contribution is 7.89. The van der Waals surface area contributed by atoms with Gasteiger partial charge in [-0.15, -0.1) is 0 Å². The maximum atomic E-state index is 12.5. The minimum absolute atomic E-state index is 0.0305. The van der Waals surface area contributed by atoms with Crippen LogP contribution in [-0.4, -0.2) is 31.4 Å². The lowest BCUT2D eigenvalue weighted by Gasteiger charge is -2.24. The van der Waals surface area contributed by atoms with Crippen molar-refractivity contribution in [1.82, 2.24) is 9.62 Å². The van der Waals surface area contributed by atoms with Gasteiger partial charge in [0, 0.05) is 18.6 Å². The number of furan rings is 1. The van der Waals surface area contributed by atoms with Crippen molar-refractivity contribution in [2.24, 2.45) is 0 Å². The molecule has 0 fully saturated rings. The van der Waals surface area contributed by atoms with Gasteiger partial charge in [0.15, 0.2) is 0 Å². The molecule has 5 nitrogen and oxygen atoms in total. The lowest BCUT2D eigenvalue weighted by Crippen LogP contribution is -2.35. The first-order valence-electron chi connectivity index (χ1n) is 7.18. The number of nitrogens with one attached hydrogen (secondary N) is 1. The van der Waals surface area contributed by atoms with Crippen molar-refractivity contribution in [1.29, 1.82) is 0 Å². The first-order chi connectivity index (χ1) is 9.68. The Morgan fingerprint density at radius 1 is 1.33 bits per heavy atom. The lowest BCUT2D eigenvalue weighted by atomic mass is 10.1. The number of hydrogen-bond donors (Lipinski definition) is 1. The van der Waals surface area contributed by atoms with Crippen LogP contribution in [0.1, 0.15) is 39.9 Å². The SMILES string of the molecule is CC1=CCCN(S(=O)(=O)c2ccc(CNC(C)(C)C)o2)C1. The van der Waals surface area contributed by atoms with Crippen LogP contribution in [-0.2, 0) is 16.6 Å². The van der Waals surface area contributed by atoms with Gasteiger partial charge in [-0.2, -0.15) is 4.31 Å². The Morgan fingerprint density at radius 2 is 2.05 bits per heavy atom. The Labute approximate surface area is 127 Å². The highest BCUT2D eigenvalue weighted by Crippen LogP contribution is 2.22. The van der Waals surface area contributed by atoms with Crippen molar-refractivity contribution in [3.05, 3.63) is 29.5 Å². The largest absolute Gasteiger partial charge is 0.447 e. The molecule has 2 heterocycles. The Kier molecular flexibility index (Phi) is 4.60. The maximum Gasteiger partial charge on any atom is 0.276 e. The van der Waals surface area contributed by atoms with E-state index in [1.807, 2.05) is 6.92 Å². The molecule has 1 aliphatic rings. The summed E-state index contributed by atoms with van der Waals surface area (Å²) in [5, 5.41) is 3.31. The summed E-state index contributed by atoms with van der Waals surface area (Å²) < 4.78 is 32.1. The van der Waals surface area contributed by atoms with Crippen LogP contribution in [0.25, 0.3) is 0 Å². The summed E-state index contributed by atoms with van der Waals surface area (Å²) >= 11 is 0. The van der Waals surface area contributed by atoms with Gasteiger partial charge in [-0.25, -0.2) is 8.42 Å². The van der Waals surface area contributed by atoms with Gasteiger partial charge in [-0.3, -0.25) is 0 Å². The third-order valence-corrected chi connectivity index (χ3v) is 5.04. The van der Waals surface area contributed by atoms with Gasteiger partial charge >= 0.3 is 0 Å². The second-order valence-electron chi connectivity index (χ2n) is 6.50. The highest BCUT2D eigenvalue weighted by Gasteiger charge is 2.29. The fraction of sp³-hybridized carbons (Fsp3) is 0.600. The third kappa shape index (κ3) is 4.18. The molecule has 0 saturated carbocycles. The van der Waals surface area contributed by atoms with Gasteiger partial charge < -0.3 is 9.73 Å². The molecular weight excluding hydrogens is 288 g/mol. The summed E-state index contributed by atoms with van der Waals surface area (Å²) in [5.74, 6) is 0.632. The first-order valence-corrected chi connectivity index (χ1v) is 8.62. The zero-order valence-corrected chi connectivity index (χ0v) is 14.0. The van der Waals surface area contributed by atoms with Crippen LogP contribution in [0.2, 0.25) is 0 Å². The van der Waals surface area contributed by atoms with E-state index in [2.05, 4.69) is 32.2 Å². The highest BCUT2D eigenvalue weighted by atomic mass is 32.2. The standard InChI is InChI=1S/C15H24N2O3S/c1-12-6-5-9-17(11-12)21(18,19)14-8-7-13(20-14)10-16-15(2,3)4/h6-8,16H,5,9-11H2,1-4H3. The van der Waals surface area contributed by atoms with E-state index in [-0.39, 0.29) is 10.6 Å². The molecule has 118 valence electrons. The summed E-state index contributed by atoms with van der Waals surface area (Å²) in [6, 6.07) is 3.26. The molecule has 0 radical (unpaired) electrons. The topological polar surface area (TPSA) is 62.6 Å². The smallest absolute Gasteiger partial charge is 0.276 e. The molecule has 21 heavy (non-hydrogen) atoms. The lowest BCUT2D eigenvalue weighted by molar-refractivity contribution is 0.347. The zero-order valence-electron chi connectivity index (χ0n) is 13.1. The molecule has 0 saturated heterocycles.